The van der Waals surface area contributed by atoms with E-state index in [0.717, 1.165) is 41.4 Å². The first-order valence-corrected chi connectivity index (χ1v) is 11.7. The van der Waals surface area contributed by atoms with Crippen molar-refractivity contribution >= 4 is 12.2 Å². The molecule has 0 saturated carbocycles. The van der Waals surface area contributed by atoms with Crippen LogP contribution in [0.2, 0.25) is 0 Å². The van der Waals surface area contributed by atoms with Crippen LogP contribution in [-0.4, -0.2) is 68.9 Å². The molecule has 3 rings (SSSR count). The van der Waals surface area contributed by atoms with Crippen LogP contribution in [0.1, 0.15) is 43.2 Å². The van der Waals surface area contributed by atoms with Crippen LogP contribution in [0.3, 0.4) is 0 Å². The van der Waals surface area contributed by atoms with Gasteiger partial charge in [-0.15, -0.1) is 0 Å². The highest BCUT2D eigenvalue weighted by Crippen LogP contribution is 2.37. The fourth-order valence-corrected chi connectivity index (χ4v) is 4.56. The molecule has 0 unspecified atom stereocenters. The maximum atomic E-state index is 12.8. The van der Waals surface area contributed by atoms with Gasteiger partial charge in [0, 0.05) is 19.4 Å². The van der Waals surface area contributed by atoms with E-state index in [4.69, 9.17) is 5.73 Å². The zero-order valence-corrected chi connectivity index (χ0v) is 20.0. The third-order valence-electron chi connectivity index (χ3n) is 6.57. The quantitative estimate of drug-likeness (QED) is 0.480. The van der Waals surface area contributed by atoms with Crippen molar-refractivity contribution in [2.75, 3.05) is 47.3 Å². The molecule has 1 saturated heterocycles. The predicted octanol–water partition coefficient (Wildman–Crippen LogP) is 3.62. The molecular weight excluding hydrogens is 398 g/mol. The first kappa shape index (κ1) is 25.8. The lowest BCUT2D eigenvalue weighted by molar-refractivity contribution is -0.914. The van der Waals surface area contributed by atoms with E-state index in [0.29, 0.717) is 6.42 Å². The Morgan fingerprint density at radius 3 is 1.84 bits per heavy atom. The van der Waals surface area contributed by atoms with Crippen molar-refractivity contribution in [2.45, 2.75) is 37.5 Å². The van der Waals surface area contributed by atoms with Crippen molar-refractivity contribution in [3.8, 4) is 0 Å². The zero-order valence-electron chi connectivity index (χ0n) is 20.0. The van der Waals surface area contributed by atoms with E-state index in [-0.39, 0.29) is 5.91 Å². The molecule has 32 heavy (non-hydrogen) atoms. The Morgan fingerprint density at radius 1 is 0.969 bits per heavy atom. The van der Waals surface area contributed by atoms with E-state index >= 15 is 0 Å². The van der Waals surface area contributed by atoms with Crippen molar-refractivity contribution in [1.29, 1.82) is 0 Å². The van der Waals surface area contributed by atoms with Crippen molar-refractivity contribution in [1.82, 2.24) is 4.90 Å². The van der Waals surface area contributed by atoms with Crippen LogP contribution in [-0.2, 0) is 15.0 Å². The van der Waals surface area contributed by atoms with Gasteiger partial charge in [0.1, 0.15) is 11.7 Å². The van der Waals surface area contributed by atoms with Gasteiger partial charge in [-0.05, 0) is 44.5 Å². The van der Waals surface area contributed by atoms with Crippen LogP contribution >= 0.6 is 0 Å². The van der Waals surface area contributed by atoms with Gasteiger partial charge in [0.25, 0.3) is 0 Å². The fourth-order valence-electron chi connectivity index (χ4n) is 4.56. The Bertz CT molecular complexity index is 776. The number of hydrogen-bond acceptors (Lipinski definition) is 3. The topological polar surface area (TPSA) is 63.4 Å². The summed E-state index contributed by atoms with van der Waals surface area (Å²) in [6.45, 7) is 4.22. The molecule has 2 aromatic rings. The summed E-state index contributed by atoms with van der Waals surface area (Å²) in [7, 11) is 6.22. The number of rotatable bonds is 9. The number of piperidine rings is 1. The summed E-state index contributed by atoms with van der Waals surface area (Å²) in [6, 6.07) is 20.1. The maximum Gasteiger partial charge on any atom is 0.232 e. The number of hydrogen-bond donors (Lipinski definition) is 1. The van der Waals surface area contributed by atoms with Gasteiger partial charge in [-0.1, -0.05) is 60.7 Å². The smallest absolute Gasteiger partial charge is 0.232 e. The molecule has 1 aliphatic heterocycles. The number of benzene rings is 2. The van der Waals surface area contributed by atoms with Gasteiger partial charge in [0.2, 0.25) is 5.91 Å². The van der Waals surface area contributed by atoms with Gasteiger partial charge < -0.3 is 19.9 Å². The van der Waals surface area contributed by atoms with Crippen LogP contribution in [0.5, 0.6) is 0 Å². The summed E-state index contributed by atoms with van der Waals surface area (Å²) in [5.74, 6) is -0.256. The van der Waals surface area contributed by atoms with Gasteiger partial charge in [-0.2, -0.15) is 0 Å². The highest BCUT2D eigenvalue weighted by molar-refractivity contribution is 5.90. The molecule has 5 nitrogen and oxygen atoms in total. The first-order valence-electron chi connectivity index (χ1n) is 11.7. The lowest BCUT2D eigenvalue weighted by atomic mass is 9.71. The SMILES string of the molecule is CN(C)CCC=O.C[N+]1(CCC(C(N)=O)(c2ccccc2)c2ccccc2)CCCCC1. The molecule has 5 heteroatoms. The van der Waals surface area contributed by atoms with E-state index in [1.165, 1.54) is 32.4 Å². The summed E-state index contributed by atoms with van der Waals surface area (Å²) >= 11 is 0. The molecule has 1 aliphatic rings. The lowest BCUT2D eigenvalue weighted by Gasteiger charge is -2.41. The Morgan fingerprint density at radius 2 is 1.47 bits per heavy atom. The van der Waals surface area contributed by atoms with E-state index in [1.807, 2.05) is 79.7 Å². The molecule has 0 bridgehead atoms. The first-order chi connectivity index (χ1) is 15.3. The van der Waals surface area contributed by atoms with Crippen molar-refractivity contribution in [3.63, 3.8) is 0 Å². The van der Waals surface area contributed by atoms with Crippen molar-refractivity contribution < 1.29 is 14.1 Å². The number of likely N-dealkylation sites (tertiary alicyclic amines) is 1. The minimum atomic E-state index is -0.763. The van der Waals surface area contributed by atoms with E-state index < -0.39 is 5.41 Å². The number of quaternary nitrogens is 1. The molecule has 0 aromatic heterocycles. The lowest BCUT2D eigenvalue weighted by Crippen LogP contribution is -2.52. The normalized spacial score (nSPS) is 15.5. The Hall–Kier alpha value is -2.50. The van der Waals surface area contributed by atoms with Gasteiger partial charge in [-0.25, -0.2) is 0 Å². The molecule has 1 heterocycles. The standard InChI is InChI=1S/C22H28N2O.C5H11NO/c1-24(16-9-4-10-17-24)18-15-22(21(23)25,19-11-5-2-6-12-19)20-13-7-3-8-14-20;1-6(2)4-3-5-7/h2-3,5-8,11-14H,4,9-10,15-18H2,1H3,(H-,23,25);5H,3-4H2,1-2H3/p+1. The van der Waals surface area contributed by atoms with Crippen LogP contribution in [0.4, 0.5) is 0 Å². The summed E-state index contributed by atoms with van der Waals surface area (Å²) in [5.41, 5.74) is 7.28. The van der Waals surface area contributed by atoms with Gasteiger partial charge in [0.05, 0.1) is 26.7 Å². The number of aldehydes is 1. The Labute approximate surface area is 193 Å². The summed E-state index contributed by atoms with van der Waals surface area (Å²) in [5, 5.41) is 0. The molecule has 0 aliphatic carbocycles. The monoisotopic (exact) mass is 438 g/mol. The third kappa shape index (κ3) is 7.01. The second-order valence-corrected chi connectivity index (χ2v) is 9.36. The molecule has 1 fully saturated rings. The van der Waals surface area contributed by atoms with Crippen molar-refractivity contribution in [2.24, 2.45) is 5.73 Å². The summed E-state index contributed by atoms with van der Waals surface area (Å²) in [6.07, 6.45) is 6.19. The van der Waals surface area contributed by atoms with Crippen molar-refractivity contribution in [3.05, 3.63) is 71.8 Å². The zero-order chi connectivity index (χ0) is 23.5. The average Bonchev–Trinajstić information content (AvgIpc) is 2.80. The highest BCUT2D eigenvalue weighted by atomic mass is 16.1. The molecule has 0 radical (unpaired) electrons. The molecule has 0 spiro atoms. The van der Waals surface area contributed by atoms with E-state index in [1.54, 1.807) is 0 Å². The third-order valence-corrected chi connectivity index (χ3v) is 6.57. The minimum Gasteiger partial charge on any atom is -0.369 e. The van der Waals surface area contributed by atoms with Crippen LogP contribution in [0.25, 0.3) is 0 Å². The van der Waals surface area contributed by atoms with Crippen LogP contribution in [0.15, 0.2) is 60.7 Å². The fraction of sp³-hybridized carbons (Fsp3) is 0.481. The van der Waals surface area contributed by atoms with Gasteiger partial charge >= 0.3 is 0 Å². The minimum absolute atomic E-state index is 0.256. The van der Waals surface area contributed by atoms with E-state index in [2.05, 4.69) is 7.05 Å². The van der Waals surface area contributed by atoms with Gasteiger partial charge in [0.15, 0.2) is 0 Å². The Kier molecular flexibility index (Phi) is 10.1. The number of nitrogens with two attached hydrogens (primary N) is 1. The van der Waals surface area contributed by atoms with Crippen LogP contribution < -0.4 is 5.73 Å². The number of nitrogens with zero attached hydrogens (tertiary/aromatic N) is 2. The molecule has 0 atom stereocenters. The summed E-state index contributed by atoms with van der Waals surface area (Å²) < 4.78 is 1.04. The average molecular weight is 439 g/mol. The maximum absolute atomic E-state index is 12.8. The second kappa shape index (κ2) is 12.5. The van der Waals surface area contributed by atoms with Crippen LogP contribution in [0, 0.1) is 0 Å². The summed E-state index contributed by atoms with van der Waals surface area (Å²) in [4.78, 5) is 24.5. The number of carbonyl (C=O) groups is 2. The van der Waals surface area contributed by atoms with Gasteiger partial charge in [-0.3, -0.25) is 4.79 Å². The molecule has 2 aromatic carbocycles. The molecular formula is C27H40N3O2+. The largest absolute Gasteiger partial charge is 0.369 e. The predicted molar refractivity (Wildman–Crippen MR) is 131 cm³/mol. The van der Waals surface area contributed by atoms with E-state index in [9.17, 15) is 9.59 Å². The molecule has 174 valence electrons. The number of primary amides is 1. The molecule has 1 amide bonds. The number of amides is 1. The number of carbonyl (C=O) groups excluding carboxylic acids is 2. The Balaban J connectivity index is 0.000000451. The second-order valence-electron chi connectivity index (χ2n) is 9.36. The molecule has 2 N–H and O–H groups in total. The highest BCUT2D eigenvalue weighted by Gasteiger charge is 2.42.